The molecule has 50 heavy (non-hydrogen) atoms. The van der Waals surface area contributed by atoms with Crippen LogP contribution in [0, 0.1) is 0 Å². The fourth-order valence-corrected chi connectivity index (χ4v) is 7.49. The SMILES string of the molecule is CC(C)(C)c1ccc(C(Cl)(c2ccc(C(C)(C)C)cc2)c2cccc(C(Cl)(c3ccc(C(C)(C)C)cc3)c3ccc(C(C)(C)C)cc3)c2)cc1. The fourth-order valence-electron chi connectivity index (χ4n) is 6.75. The van der Waals surface area contributed by atoms with Gasteiger partial charge in [0.05, 0.1) is 0 Å². The van der Waals surface area contributed by atoms with Crippen molar-refractivity contribution in [2.24, 2.45) is 0 Å². The van der Waals surface area contributed by atoms with Crippen molar-refractivity contribution in [3.8, 4) is 0 Å². The summed E-state index contributed by atoms with van der Waals surface area (Å²) in [6, 6.07) is 44.0. The average Bonchev–Trinajstić information content (AvgIpc) is 3.06. The van der Waals surface area contributed by atoms with E-state index in [1.165, 1.54) is 22.3 Å². The summed E-state index contributed by atoms with van der Waals surface area (Å²) in [4.78, 5) is -1.90. The molecule has 5 aromatic rings. The van der Waals surface area contributed by atoms with Crippen LogP contribution >= 0.6 is 23.2 Å². The smallest absolute Gasteiger partial charge is 0.104 e. The molecule has 0 saturated carbocycles. The first-order valence-electron chi connectivity index (χ1n) is 18.0. The third-order valence-electron chi connectivity index (χ3n) is 10.3. The first-order chi connectivity index (χ1) is 23.1. The van der Waals surface area contributed by atoms with Crippen LogP contribution in [0.15, 0.2) is 121 Å². The van der Waals surface area contributed by atoms with Crippen molar-refractivity contribution >= 4 is 23.2 Å². The molecule has 0 bridgehead atoms. The van der Waals surface area contributed by atoms with Crippen molar-refractivity contribution in [3.63, 3.8) is 0 Å². The lowest BCUT2D eigenvalue weighted by Gasteiger charge is -2.34. The molecule has 0 atom stereocenters. The summed E-state index contributed by atoms with van der Waals surface area (Å²) in [5.74, 6) is 0. The van der Waals surface area contributed by atoms with E-state index >= 15 is 0 Å². The summed E-state index contributed by atoms with van der Waals surface area (Å²) < 4.78 is 0. The summed E-state index contributed by atoms with van der Waals surface area (Å²) in [6.07, 6.45) is 0. The zero-order chi connectivity index (χ0) is 36.9. The number of hydrogen-bond donors (Lipinski definition) is 0. The van der Waals surface area contributed by atoms with Crippen LogP contribution in [0.5, 0.6) is 0 Å². The zero-order valence-corrected chi connectivity index (χ0v) is 33.8. The summed E-state index contributed by atoms with van der Waals surface area (Å²) in [5, 5.41) is 0. The first kappa shape index (κ1) is 37.9. The number of alkyl halides is 2. The molecule has 0 fully saturated rings. The lowest BCUT2D eigenvalue weighted by molar-refractivity contribution is 0.589. The van der Waals surface area contributed by atoms with Crippen molar-refractivity contribution in [1.82, 2.24) is 0 Å². The Hall–Kier alpha value is -3.32. The highest BCUT2D eigenvalue weighted by molar-refractivity contribution is 6.29. The Labute approximate surface area is 313 Å². The maximum Gasteiger partial charge on any atom is 0.119 e. The Kier molecular flexibility index (Phi) is 10.1. The summed E-state index contributed by atoms with van der Waals surface area (Å²) in [5.41, 5.74) is 11.3. The molecule has 262 valence electrons. The van der Waals surface area contributed by atoms with Crippen molar-refractivity contribution < 1.29 is 0 Å². The summed E-state index contributed by atoms with van der Waals surface area (Å²) in [6.45, 7) is 26.9. The van der Waals surface area contributed by atoms with Crippen molar-refractivity contribution in [2.45, 2.75) is 114 Å². The molecule has 0 nitrogen and oxygen atoms in total. The number of benzene rings is 5. The highest BCUT2D eigenvalue weighted by Crippen LogP contribution is 2.49. The summed E-state index contributed by atoms with van der Waals surface area (Å²) in [7, 11) is 0. The predicted octanol–water partition coefficient (Wildman–Crippen LogP) is 13.9. The molecule has 0 spiro atoms. The van der Waals surface area contributed by atoms with E-state index in [-0.39, 0.29) is 21.7 Å². The molecule has 0 aliphatic rings. The van der Waals surface area contributed by atoms with Gasteiger partial charge in [0.1, 0.15) is 9.75 Å². The minimum Gasteiger partial charge on any atom is -0.104 e. The van der Waals surface area contributed by atoms with Crippen LogP contribution in [-0.4, -0.2) is 0 Å². The van der Waals surface area contributed by atoms with E-state index in [9.17, 15) is 0 Å². The van der Waals surface area contributed by atoms with E-state index in [1.807, 2.05) is 0 Å². The molecule has 0 radical (unpaired) electrons. The first-order valence-corrected chi connectivity index (χ1v) is 18.7. The number of rotatable bonds is 6. The van der Waals surface area contributed by atoms with Gasteiger partial charge in [-0.1, -0.05) is 204 Å². The van der Waals surface area contributed by atoms with Crippen LogP contribution in [0.1, 0.15) is 139 Å². The van der Waals surface area contributed by atoms with Gasteiger partial charge in [-0.15, -0.1) is 23.2 Å². The molecular weight excluding hydrogens is 647 g/mol. The Bertz CT molecular complexity index is 1640. The highest BCUT2D eigenvalue weighted by atomic mass is 35.5. The van der Waals surface area contributed by atoms with Crippen LogP contribution in [0.25, 0.3) is 0 Å². The highest BCUT2D eigenvalue weighted by Gasteiger charge is 2.39. The van der Waals surface area contributed by atoms with Gasteiger partial charge in [0, 0.05) is 0 Å². The zero-order valence-electron chi connectivity index (χ0n) is 32.3. The maximum atomic E-state index is 8.06. The second-order valence-corrected chi connectivity index (χ2v) is 19.3. The van der Waals surface area contributed by atoms with Crippen LogP contribution in [0.3, 0.4) is 0 Å². The Morgan fingerprint density at radius 2 is 0.440 bits per heavy atom. The number of halogens is 2. The second-order valence-electron chi connectivity index (χ2n) is 18.2. The molecule has 0 N–H and O–H groups in total. The molecule has 0 amide bonds. The van der Waals surface area contributed by atoms with Gasteiger partial charge in [0.15, 0.2) is 0 Å². The van der Waals surface area contributed by atoms with Crippen LogP contribution in [0.4, 0.5) is 0 Å². The molecule has 5 aromatic carbocycles. The Balaban J connectivity index is 1.75. The topological polar surface area (TPSA) is 0 Å². The molecule has 0 aliphatic carbocycles. The summed E-state index contributed by atoms with van der Waals surface area (Å²) >= 11 is 16.1. The van der Waals surface area contributed by atoms with Gasteiger partial charge in [-0.05, 0) is 77.3 Å². The average molecular weight is 704 g/mol. The minimum atomic E-state index is -0.952. The molecule has 0 aliphatic heterocycles. The van der Waals surface area contributed by atoms with E-state index in [0.717, 1.165) is 33.4 Å². The molecular formula is C48H56Cl2. The maximum absolute atomic E-state index is 8.06. The predicted molar refractivity (Wildman–Crippen MR) is 218 cm³/mol. The largest absolute Gasteiger partial charge is 0.119 e. The third kappa shape index (κ3) is 7.49. The van der Waals surface area contributed by atoms with Gasteiger partial charge in [-0.25, -0.2) is 0 Å². The van der Waals surface area contributed by atoms with Crippen molar-refractivity contribution in [3.05, 3.63) is 177 Å². The molecule has 0 unspecified atom stereocenters. The van der Waals surface area contributed by atoms with Crippen molar-refractivity contribution in [1.29, 1.82) is 0 Å². The molecule has 2 heteroatoms. The second kappa shape index (κ2) is 13.3. The minimum absolute atomic E-state index is 0.0328. The number of hydrogen-bond acceptors (Lipinski definition) is 0. The third-order valence-corrected chi connectivity index (χ3v) is 11.6. The van der Waals surface area contributed by atoms with Gasteiger partial charge in [-0.2, -0.15) is 0 Å². The van der Waals surface area contributed by atoms with Gasteiger partial charge >= 0.3 is 0 Å². The normalized spacial score (nSPS) is 13.4. The van der Waals surface area contributed by atoms with Gasteiger partial charge in [0.25, 0.3) is 0 Å². The lowest BCUT2D eigenvalue weighted by atomic mass is 9.77. The van der Waals surface area contributed by atoms with E-state index in [4.69, 9.17) is 23.2 Å². The van der Waals surface area contributed by atoms with Crippen LogP contribution in [-0.2, 0) is 31.4 Å². The van der Waals surface area contributed by atoms with Gasteiger partial charge < -0.3 is 0 Å². The van der Waals surface area contributed by atoms with E-state index in [1.54, 1.807) is 0 Å². The fraction of sp³-hybridized carbons (Fsp3) is 0.375. The Morgan fingerprint density at radius 1 is 0.260 bits per heavy atom. The van der Waals surface area contributed by atoms with Gasteiger partial charge in [-0.3, -0.25) is 0 Å². The molecule has 5 rings (SSSR count). The molecule has 0 heterocycles. The van der Waals surface area contributed by atoms with Gasteiger partial charge in [0.2, 0.25) is 0 Å². The quantitative estimate of drug-likeness (QED) is 0.122. The van der Waals surface area contributed by atoms with E-state index in [0.29, 0.717) is 0 Å². The standard InChI is InChI=1S/C48H56Cl2/c1-43(2,3)33-16-24-37(25-17-33)47(49,38-26-18-34(19-27-38)44(4,5)6)41-14-13-15-42(32-41)48(50,39-28-20-35(21-29-39)45(7,8)9)40-30-22-36(23-31-40)46(10,11)12/h13-32H,1-12H3. The van der Waals surface area contributed by atoms with Crippen LogP contribution in [0.2, 0.25) is 0 Å². The molecule has 0 aromatic heterocycles. The molecule has 0 saturated heterocycles. The van der Waals surface area contributed by atoms with E-state index in [2.05, 4.69) is 204 Å². The Morgan fingerprint density at radius 3 is 0.620 bits per heavy atom. The lowest BCUT2D eigenvalue weighted by Crippen LogP contribution is -2.26. The van der Waals surface area contributed by atoms with Crippen molar-refractivity contribution in [2.75, 3.05) is 0 Å². The monoisotopic (exact) mass is 702 g/mol. The van der Waals surface area contributed by atoms with E-state index < -0.39 is 9.75 Å². The van der Waals surface area contributed by atoms with Crippen LogP contribution < -0.4 is 0 Å².